The van der Waals surface area contributed by atoms with E-state index in [-0.39, 0.29) is 12.5 Å². The molecule has 0 aliphatic carbocycles. The number of anilines is 1. The first-order chi connectivity index (χ1) is 6.81. The first-order valence-corrected chi connectivity index (χ1v) is 4.59. The molecular weight excluding hydrogens is 196 g/mol. The molecule has 0 spiro atoms. The molecule has 6 heteroatoms. The second-order valence-corrected chi connectivity index (χ2v) is 4.07. The molecule has 6 nitrogen and oxygen atoms in total. The first kappa shape index (κ1) is 11.5. The smallest absolute Gasteiger partial charge is 0.271 e. The predicted molar refractivity (Wildman–Crippen MR) is 56.3 cm³/mol. The number of rotatable bonds is 3. The van der Waals surface area contributed by atoms with Crippen LogP contribution in [0.4, 0.5) is 5.69 Å². The van der Waals surface area contributed by atoms with E-state index in [2.05, 4.69) is 10.4 Å². The molecule has 0 unspecified atom stereocenters. The van der Waals surface area contributed by atoms with Gasteiger partial charge in [-0.2, -0.15) is 5.10 Å². The van der Waals surface area contributed by atoms with Crippen LogP contribution in [0.15, 0.2) is 6.20 Å². The Morgan fingerprint density at radius 2 is 2.33 bits per heavy atom. The molecule has 0 aliphatic rings. The topological polar surface area (TPSA) is 93.2 Å². The molecule has 0 aliphatic heterocycles. The number of nitrogen functional groups attached to an aromatic ring is 1. The van der Waals surface area contributed by atoms with E-state index < -0.39 is 5.60 Å². The van der Waals surface area contributed by atoms with E-state index in [1.165, 1.54) is 10.9 Å². The second kappa shape index (κ2) is 3.90. The first-order valence-electron chi connectivity index (χ1n) is 4.59. The van der Waals surface area contributed by atoms with Crippen LogP contribution in [0.5, 0.6) is 0 Å². The second-order valence-electron chi connectivity index (χ2n) is 4.07. The number of carbonyl (C=O) groups excluding carboxylic acids is 1. The van der Waals surface area contributed by atoms with Gasteiger partial charge in [0.05, 0.1) is 17.5 Å². The molecule has 1 rings (SSSR count). The van der Waals surface area contributed by atoms with Crippen LogP contribution in [0, 0.1) is 0 Å². The normalized spacial score (nSPS) is 11.5. The van der Waals surface area contributed by atoms with Gasteiger partial charge in [-0.25, -0.2) is 0 Å². The van der Waals surface area contributed by atoms with Crippen molar-refractivity contribution in [3.8, 4) is 0 Å². The number of nitrogens with two attached hydrogens (primary N) is 1. The molecule has 0 bridgehead atoms. The summed E-state index contributed by atoms with van der Waals surface area (Å²) in [6.45, 7) is 3.39. The van der Waals surface area contributed by atoms with E-state index in [0.717, 1.165) is 0 Å². The SMILES string of the molecule is Cn1ncc(N)c1C(=O)NCC(C)(C)O. The van der Waals surface area contributed by atoms with Gasteiger partial charge in [0.15, 0.2) is 0 Å². The number of aromatic nitrogens is 2. The molecule has 1 aromatic heterocycles. The third kappa shape index (κ3) is 2.95. The van der Waals surface area contributed by atoms with Gasteiger partial charge in [0.2, 0.25) is 0 Å². The Labute approximate surface area is 88.1 Å². The van der Waals surface area contributed by atoms with Gasteiger partial charge >= 0.3 is 0 Å². The number of nitrogens with one attached hydrogen (secondary N) is 1. The average Bonchev–Trinajstić information content (AvgIpc) is 2.41. The minimum absolute atomic E-state index is 0.163. The Hall–Kier alpha value is -1.56. The lowest BCUT2D eigenvalue weighted by Crippen LogP contribution is -2.39. The van der Waals surface area contributed by atoms with Crippen LogP contribution < -0.4 is 11.1 Å². The number of carbonyl (C=O) groups is 1. The molecule has 15 heavy (non-hydrogen) atoms. The van der Waals surface area contributed by atoms with Crippen molar-refractivity contribution in [1.82, 2.24) is 15.1 Å². The van der Waals surface area contributed by atoms with Crippen LogP contribution in [-0.2, 0) is 7.05 Å². The summed E-state index contributed by atoms with van der Waals surface area (Å²) in [5.41, 5.74) is 5.26. The maximum absolute atomic E-state index is 11.6. The fraction of sp³-hybridized carbons (Fsp3) is 0.556. The van der Waals surface area contributed by atoms with Crippen molar-refractivity contribution in [3.63, 3.8) is 0 Å². The maximum atomic E-state index is 11.6. The van der Waals surface area contributed by atoms with E-state index in [0.29, 0.717) is 11.4 Å². The number of hydrogen-bond donors (Lipinski definition) is 3. The van der Waals surface area contributed by atoms with Crippen molar-refractivity contribution in [2.24, 2.45) is 7.05 Å². The highest BCUT2D eigenvalue weighted by atomic mass is 16.3. The zero-order chi connectivity index (χ0) is 11.6. The van der Waals surface area contributed by atoms with Crippen LogP contribution in [-0.4, -0.2) is 32.9 Å². The third-order valence-electron chi connectivity index (χ3n) is 1.86. The van der Waals surface area contributed by atoms with Crippen LogP contribution >= 0.6 is 0 Å². The lowest BCUT2D eigenvalue weighted by Gasteiger charge is -2.17. The zero-order valence-corrected chi connectivity index (χ0v) is 9.11. The molecule has 4 N–H and O–H groups in total. The standard InChI is InChI=1S/C9H16N4O2/c1-9(2,15)5-11-8(14)7-6(10)4-12-13(7)3/h4,15H,5,10H2,1-3H3,(H,11,14). The number of aliphatic hydroxyl groups is 1. The van der Waals surface area contributed by atoms with Crippen molar-refractivity contribution in [1.29, 1.82) is 0 Å². The van der Waals surface area contributed by atoms with Crippen LogP contribution in [0.1, 0.15) is 24.3 Å². The number of aryl methyl sites for hydroxylation is 1. The highest BCUT2D eigenvalue weighted by Crippen LogP contribution is 2.09. The van der Waals surface area contributed by atoms with Gasteiger partial charge in [-0.15, -0.1) is 0 Å². The summed E-state index contributed by atoms with van der Waals surface area (Å²) < 4.78 is 1.40. The van der Waals surface area contributed by atoms with E-state index >= 15 is 0 Å². The Kier molecular flexibility index (Phi) is 2.99. The van der Waals surface area contributed by atoms with Crippen molar-refractivity contribution in [3.05, 3.63) is 11.9 Å². The van der Waals surface area contributed by atoms with Gasteiger partial charge in [-0.3, -0.25) is 9.48 Å². The molecule has 0 saturated carbocycles. The number of nitrogens with zero attached hydrogens (tertiary/aromatic N) is 2. The van der Waals surface area contributed by atoms with Gasteiger partial charge in [0.25, 0.3) is 5.91 Å². The van der Waals surface area contributed by atoms with Crippen LogP contribution in [0.2, 0.25) is 0 Å². The van der Waals surface area contributed by atoms with Gasteiger partial charge in [-0.1, -0.05) is 0 Å². The molecule has 1 amide bonds. The van der Waals surface area contributed by atoms with Gasteiger partial charge < -0.3 is 16.2 Å². The summed E-state index contributed by atoms with van der Waals surface area (Å²) in [5.74, 6) is -0.338. The Morgan fingerprint density at radius 1 is 1.73 bits per heavy atom. The largest absolute Gasteiger partial charge is 0.396 e. The number of hydrogen-bond acceptors (Lipinski definition) is 4. The summed E-state index contributed by atoms with van der Waals surface area (Å²) in [5, 5.41) is 15.9. The minimum atomic E-state index is -0.941. The molecule has 1 heterocycles. The van der Waals surface area contributed by atoms with Crippen molar-refractivity contribution >= 4 is 11.6 Å². The quantitative estimate of drug-likeness (QED) is 0.630. The fourth-order valence-electron chi connectivity index (χ4n) is 1.11. The number of amides is 1. The van der Waals surface area contributed by atoms with Crippen molar-refractivity contribution in [2.45, 2.75) is 19.4 Å². The predicted octanol–water partition coefficient (Wildman–Crippen LogP) is -0.497. The maximum Gasteiger partial charge on any atom is 0.271 e. The van der Waals surface area contributed by atoms with E-state index in [9.17, 15) is 9.90 Å². The van der Waals surface area contributed by atoms with Crippen molar-refractivity contribution in [2.75, 3.05) is 12.3 Å². The van der Waals surface area contributed by atoms with E-state index in [1.54, 1.807) is 20.9 Å². The molecule has 0 saturated heterocycles. The zero-order valence-electron chi connectivity index (χ0n) is 9.11. The minimum Gasteiger partial charge on any atom is -0.396 e. The summed E-state index contributed by atoms with van der Waals surface area (Å²) in [4.78, 5) is 11.6. The molecule has 0 atom stereocenters. The molecule has 0 fully saturated rings. The molecule has 1 aromatic rings. The highest BCUT2D eigenvalue weighted by Gasteiger charge is 2.18. The monoisotopic (exact) mass is 212 g/mol. The highest BCUT2D eigenvalue weighted by molar-refractivity contribution is 5.97. The Bertz CT molecular complexity index is 345. The summed E-state index contributed by atoms with van der Waals surface area (Å²) in [6, 6.07) is 0. The molecular formula is C9H16N4O2. The lowest BCUT2D eigenvalue weighted by atomic mass is 10.1. The third-order valence-corrected chi connectivity index (χ3v) is 1.86. The van der Waals surface area contributed by atoms with Crippen LogP contribution in [0.25, 0.3) is 0 Å². The molecule has 0 radical (unpaired) electrons. The van der Waals surface area contributed by atoms with Gasteiger partial charge in [-0.05, 0) is 13.8 Å². The molecule has 0 aromatic carbocycles. The van der Waals surface area contributed by atoms with E-state index in [4.69, 9.17) is 5.73 Å². The fourth-order valence-corrected chi connectivity index (χ4v) is 1.11. The molecule has 84 valence electrons. The van der Waals surface area contributed by atoms with Gasteiger partial charge in [0.1, 0.15) is 5.69 Å². The Morgan fingerprint density at radius 3 is 2.73 bits per heavy atom. The van der Waals surface area contributed by atoms with Crippen molar-refractivity contribution < 1.29 is 9.90 Å². The summed E-state index contributed by atoms with van der Waals surface area (Å²) >= 11 is 0. The van der Waals surface area contributed by atoms with Crippen LogP contribution in [0.3, 0.4) is 0 Å². The van der Waals surface area contributed by atoms with E-state index in [1.807, 2.05) is 0 Å². The Balaban J connectivity index is 2.70. The summed E-state index contributed by atoms with van der Waals surface area (Å²) in [7, 11) is 1.63. The van der Waals surface area contributed by atoms with Gasteiger partial charge in [0, 0.05) is 13.6 Å². The average molecular weight is 212 g/mol. The summed E-state index contributed by atoms with van der Waals surface area (Å²) in [6.07, 6.45) is 1.42. The lowest BCUT2D eigenvalue weighted by molar-refractivity contribution is 0.0690.